The first-order chi connectivity index (χ1) is 15.9. The van der Waals surface area contributed by atoms with Crippen LogP contribution in [0.2, 0.25) is 0 Å². The van der Waals surface area contributed by atoms with Crippen LogP contribution in [0, 0.1) is 0 Å². The van der Waals surface area contributed by atoms with E-state index in [0.29, 0.717) is 12.1 Å². The van der Waals surface area contributed by atoms with Crippen molar-refractivity contribution in [3.05, 3.63) is 68.5 Å². The second-order valence-electron chi connectivity index (χ2n) is 9.02. The molecule has 4 heterocycles. The van der Waals surface area contributed by atoms with Gasteiger partial charge in [-0.05, 0) is 57.2 Å². The number of likely N-dealkylation sites (N-methyl/N-ethyl adjacent to an activating group) is 2. The third-order valence-electron chi connectivity index (χ3n) is 6.91. The van der Waals surface area contributed by atoms with Crippen LogP contribution in [0.15, 0.2) is 46.0 Å². The Kier molecular flexibility index (Phi) is 9.23. The Balaban J connectivity index is 0.000000237. The van der Waals surface area contributed by atoms with Gasteiger partial charge in [0.2, 0.25) is 0 Å². The van der Waals surface area contributed by atoms with E-state index in [4.69, 9.17) is 4.84 Å². The fraction of sp³-hybridized carbons (Fsp3) is 0.462. The zero-order valence-corrected chi connectivity index (χ0v) is 20.7. The van der Waals surface area contributed by atoms with Crippen molar-refractivity contribution in [2.45, 2.75) is 52.9 Å². The molecular formula is C26H39ClN6O3. The molecule has 6 rings (SSSR count). The summed E-state index contributed by atoms with van der Waals surface area (Å²) < 4.78 is 5.02. The standard InChI is InChI=1S/C13H17N3O2.C11H13N3O.2CH4.ClH/c1-14(2)10-7-9-5-4-6-11-12(9)15(8-10)13(17)16(11)18-3;1-12-8-5-7-3-2-4-9-10(7)14(6-8)11(15)13-9;;;/h4-6,10H,7-8H2,1-3H3;2-4,8,12H,5-6H2,1H3,(H,13,15);2*1H4;1H/t10-;8-;;;/m11.../s1. The van der Waals surface area contributed by atoms with Crippen molar-refractivity contribution >= 4 is 34.5 Å². The predicted octanol–water partition coefficient (Wildman–Crippen LogP) is 2.52. The van der Waals surface area contributed by atoms with Crippen molar-refractivity contribution in [1.29, 1.82) is 0 Å². The average molecular weight is 519 g/mol. The first-order valence-corrected chi connectivity index (χ1v) is 11.2. The third-order valence-corrected chi connectivity index (χ3v) is 6.91. The Morgan fingerprint density at radius 2 is 1.64 bits per heavy atom. The lowest BCUT2D eigenvalue weighted by atomic mass is 10.00. The van der Waals surface area contributed by atoms with Gasteiger partial charge in [0.1, 0.15) is 12.6 Å². The lowest BCUT2D eigenvalue weighted by Crippen LogP contribution is -2.40. The van der Waals surface area contributed by atoms with Gasteiger partial charge in [0.05, 0.1) is 16.6 Å². The Labute approximate surface area is 218 Å². The van der Waals surface area contributed by atoms with Crippen molar-refractivity contribution in [2.75, 3.05) is 28.3 Å². The molecule has 9 nitrogen and oxygen atoms in total. The number of nitrogens with one attached hydrogen (secondary N) is 2. The van der Waals surface area contributed by atoms with Gasteiger partial charge in [-0.25, -0.2) is 9.59 Å². The molecule has 2 aromatic carbocycles. The number of para-hydroxylation sites is 2. The van der Waals surface area contributed by atoms with Crippen LogP contribution in [0.4, 0.5) is 0 Å². The van der Waals surface area contributed by atoms with Crippen LogP contribution in [0.25, 0.3) is 22.1 Å². The zero-order chi connectivity index (χ0) is 23.3. The fourth-order valence-electron chi connectivity index (χ4n) is 5.13. The largest absolute Gasteiger partial charge is 0.412 e. The van der Waals surface area contributed by atoms with Crippen molar-refractivity contribution in [2.24, 2.45) is 0 Å². The van der Waals surface area contributed by atoms with Crippen LogP contribution in [0.3, 0.4) is 0 Å². The van der Waals surface area contributed by atoms with Gasteiger partial charge in [-0.1, -0.05) is 39.1 Å². The highest BCUT2D eigenvalue weighted by atomic mass is 35.5. The summed E-state index contributed by atoms with van der Waals surface area (Å²) in [5, 5.41) is 3.23. The molecule has 36 heavy (non-hydrogen) atoms. The van der Waals surface area contributed by atoms with Crippen LogP contribution < -0.4 is 21.5 Å². The van der Waals surface area contributed by atoms with Crippen LogP contribution in [0.5, 0.6) is 0 Å². The SMILES string of the molecule is C.C.CN[C@@H]1Cc2cccc3[nH]c(=O)n(c23)C1.COn1c(=O)n2c3c(cccc31)C[C@@H](N(C)C)C2.Cl. The Morgan fingerprint density at radius 1 is 0.972 bits per heavy atom. The molecule has 0 fully saturated rings. The summed E-state index contributed by atoms with van der Waals surface area (Å²) in [7, 11) is 7.56. The van der Waals surface area contributed by atoms with Crippen molar-refractivity contribution in [1.82, 2.24) is 29.1 Å². The van der Waals surface area contributed by atoms with E-state index in [1.54, 1.807) is 0 Å². The molecule has 4 aromatic rings. The second-order valence-corrected chi connectivity index (χ2v) is 9.02. The number of nitrogens with zero attached hydrogens (tertiary/aromatic N) is 4. The molecule has 2 N–H and O–H groups in total. The maximum Gasteiger partial charge on any atom is 0.362 e. The molecule has 10 heteroatoms. The number of aromatic amines is 1. The molecule has 2 aliphatic heterocycles. The topological polar surface area (TPSA) is 89.2 Å². The van der Waals surface area contributed by atoms with Crippen molar-refractivity contribution < 1.29 is 4.84 Å². The highest BCUT2D eigenvalue weighted by Crippen LogP contribution is 2.25. The van der Waals surface area contributed by atoms with E-state index in [0.717, 1.165) is 48.0 Å². The normalized spacial score (nSPS) is 17.5. The van der Waals surface area contributed by atoms with Crippen LogP contribution >= 0.6 is 12.4 Å². The van der Waals surface area contributed by atoms with Crippen LogP contribution in [-0.4, -0.2) is 64.1 Å². The highest BCUT2D eigenvalue weighted by Gasteiger charge is 2.26. The molecule has 198 valence electrons. The monoisotopic (exact) mass is 518 g/mol. The van der Waals surface area contributed by atoms with Gasteiger partial charge in [0, 0.05) is 25.2 Å². The predicted molar refractivity (Wildman–Crippen MR) is 150 cm³/mol. The summed E-state index contributed by atoms with van der Waals surface area (Å²) in [6.07, 6.45) is 1.96. The van der Waals surface area contributed by atoms with E-state index in [9.17, 15) is 9.59 Å². The third kappa shape index (κ3) is 4.70. The highest BCUT2D eigenvalue weighted by molar-refractivity contribution is 5.85. The minimum atomic E-state index is -0.0912. The molecule has 0 bridgehead atoms. The summed E-state index contributed by atoms with van der Waals surface area (Å²) in [5.74, 6) is 0. The summed E-state index contributed by atoms with van der Waals surface area (Å²) in [6.45, 7) is 1.47. The number of rotatable bonds is 3. The van der Waals surface area contributed by atoms with Gasteiger partial charge in [-0.15, -0.1) is 17.1 Å². The first kappa shape index (κ1) is 29.2. The summed E-state index contributed by atoms with van der Waals surface area (Å²) in [4.78, 5) is 34.2. The molecule has 2 aromatic heterocycles. The molecule has 0 saturated heterocycles. The maximum atomic E-state index is 12.3. The van der Waals surface area contributed by atoms with Crippen LogP contribution in [0.1, 0.15) is 26.0 Å². The minimum Gasteiger partial charge on any atom is -0.412 e. The smallest absolute Gasteiger partial charge is 0.362 e. The molecule has 0 radical (unpaired) electrons. The van der Waals surface area contributed by atoms with E-state index in [2.05, 4.69) is 27.3 Å². The van der Waals surface area contributed by atoms with Gasteiger partial charge in [-0.2, -0.15) is 0 Å². The molecule has 0 saturated carbocycles. The van der Waals surface area contributed by atoms with Crippen LogP contribution in [-0.2, 0) is 25.9 Å². The fourth-order valence-corrected chi connectivity index (χ4v) is 5.13. The van der Waals surface area contributed by atoms with Gasteiger partial charge in [0.15, 0.2) is 0 Å². The number of H-pyrrole nitrogens is 1. The quantitative estimate of drug-likeness (QED) is 0.435. The number of hydrogen-bond donors (Lipinski definition) is 2. The molecule has 2 atom stereocenters. The lowest BCUT2D eigenvalue weighted by Gasteiger charge is -2.28. The second kappa shape index (κ2) is 11.4. The van der Waals surface area contributed by atoms with Gasteiger partial charge < -0.3 is 20.0 Å². The van der Waals surface area contributed by atoms with Crippen molar-refractivity contribution in [3.63, 3.8) is 0 Å². The Bertz CT molecular complexity index is 1450. The summed E-state index contributed by atoms with van der Waals surface area (Å²) in [6, 6.07) is 12.8. The number of hydrogen-bond acceptors (Lipinski definition) is 5. The molecule has 0 unspecified atom stereocenters. The van der Waals surface area contributed by atoms with E-state index < -0.39 is 0 Å². The molecular weight excluding hydrogens is 480 g/mol. The molecule has 0 aliphatic carbocycles. The van der Waals surface area contributed by atoms with Crippen molar-refractivity contribution in [3.8, 4) is 0 Å². The van der Waals surface area contributed by atoms with Gasteiger partial charge >= 0.3 is 11.4 Å². The maximum absolute atomic E-state index is 12.3. The molecule has 0 amide bonds. The molecule has 2 aliphatic rings. The van der Waals surface area contributed by atoms with Gasteiger partial charge in [-0.3, -0.25) is 9.13 Å². The van der Waals surface area contributed by atoms with E-state index in [1.165, 1.54) is 23.0 Å². The Morgan fingerprint density at radius 3 is 2.28 bits per heavy atom. The van der Waals surface area contributed by atoms with E-state index >= 15 is 0 Å². The number of benzene rings is 2. The van der Waals surface area contributed by atoms with E-state index in [1.807, 2.05) is 54.5 Å². The van der Waals surface area contributed by atoms with E-state index in [-0.39, 0.29) is 38.6 Å². The minimum absolute atomic E-state index is 0. The number of aromatic nitrogens is 4. The summed E-state index contributed by atoms with van der Waals surface area (Å²) in [5.41, 5.74) is 6.27. The zero-order valence-electron chi connectivity index (χ0n) is 19.9. The number of halogens is 1. The Hall–Kier alpha value is -3.01. The lowest BCUT2D eigenvalue weighted by molar-refractivity contribution is 0.163. The summed E-state index contributed by atoms with van der Waals surface area (Å²) >= 11 is 0. The first-order valence-electron chi connectivity index (χ1n) is 11.2. The molecule has 0 spiro atoms. The van der Waals surface area contributed by atoms with Gasteiger partial charge in [0.25, 0.3) is 0 Å². The average Bonchev–Trinajstić information content (AvgIpc) is 3.29. The number of imidazole rings is 2.